The molecule has 2 aromatic rings. The van der Waals surface area contributed by atoms with Crippen molar-refractivity contribution in [1.29, 1.82) is 0 Å². The SMILES string of the molecule is CCCCCOc1ccc(CC(=O)c2ccc(/C=C/C(=O)OCC)cc2)cc1. The van der Waals surface area contributed by atoms with Crippen LogP contribution in [0, 0.1) is 0 Å². The smallest absolute Gasteiger partial charge is 0.330 e. The van der Waals surface area contributed by atoms with Gasteiger partial charge < -0.3 is 9.47 Å². The standard InChI is InChI=1S/C24H28O4/c1-3-5-6-17-28-22-14-9-20(10-15-22)18-23(25)21-12-7-19(8-13-21)11-16-24(26)27-4-2/h7-16H,3-6,17-18H2,1-2H3/b16-11+. The monoisotopic (exact) mass is 380 g/mol. The fraction of sp³-hybridized carbons (Fsp3) is 0.333. The molecule has 4 nitrogen and oxygen atoms in total. The zero-order valence-electron chi connectivity index (χ0n) is 16.6. The molecule has 0 atom stereocenters. The summed E-state index contributed by atoms with van der Waals surface area (Å²) in [7, 11) is 0. The Balaban J connectivity index is 1.87. The number of esters is 1. The summed E-state index contributed by atoms with van der Waals surface area (Å²) in [5.74, 6) is 0.517. The molecule has 4 heteroatoms. The van der Waals surface area contributed by atoms with E-state index in [2.05, 4.69) is 6.92 Å². The quantitative estimate of drug-likeness (QED) is 0.231. The van der Waals surface area contributed by atoms with Gasteiger partial charge in [0.05, 0.1) is 13.2 Å². The van der Waals surface area contributed by atoms with E-state index in [1.165, 1.54) is 18.9 Å². The summed E-state index contributed by atoms with van der Waals surface area (Å²) in [6, 6.07) is 14.9. The lowest BCUT2D eigenvalue weighted by atomic mass is 10.0. The van der Waals surface area contributed by atoms with E-state index in [4.69, 9.17) is 9.47 Å². The van der Waals surface area contributed by atoms with E-state index in [9.17, 15) is 9.59 Å². The number of rotatable bonds is 11. The fourth-order valence-corrected chi connectivity index (χ4v) is 2.67. The lowest BCUT2D eigenvalue weighted by Gasteiger charge is -2.07. The normalized spacial score (nSPS) is 10.8. The molecule has 0 aliphatic heterocycles. The molecule has 0 N–H and O–H groups in total. The molecule has 2 aromatic carbocycles. The highest BCUT2D eigenvalue weighted by Gasteiger charge is 2.07. The summed E-state index contributed by atoms with van der Waals surface area (Å²) in [5, 5.41) is 0. The molecule has 0 saturated heterocycles. The summed E-state index contributed by atoms with van der Waals surface area (Å²) in [6.07, 6.45) is 6.80. The third kappa shape index (κ3) is 7.39. The summed E-state index contributed by atoms with van der Waals surface area (Å²) < 4.78 is 10.5. The number of ketones is 1. The van der Waals surface area contributed by atoms with E-state index in [1.54, 1.807) is 25.1 Å². The number of Topliss-reactive ketones (excluding diaryl/α,β-unsaturated/α-hetero) is 1. The van der Waals surface area contributed by atoms with E-state index in [0.29, 0.717) is 18.6 Å². The van der Waals surface area contributed by atoms with Gasteiger partial charge in [-0.1, -0.05) is 56.2 Å². The maximum absolute atomic E-state index is 12.5. The van der Waals surface area contributed by atoms with Crippen molar-refractivity contribution in [1.82, 2.24) is 0 Å². The van der Waals surface area contributed by atoms with Crippen molar-refractivity contribution in [2.75, 3.05) is 13.2 Å². The Morgan fingerprint density at radius 2 is 1.64 bits per heavy atom. The Bertz CT molecular complexity index is 773. The van der Waals surface area contributed by atoms with Gasteiger partial charge in [0.2, 0.25) is 0 Å². The molecule has 0 bridgehead atoms. The molecular weight excluding hydrogens is 352 g/mol. The summed E-state index contributed by atoms with van der Waals surface area (Å²) in [5.41, 5.74) is 2.44. The minimum absolute atomic E-state index is 0.0533. The predicted molar refractivity (Wildman–Crippen MR) is 112 cm³/mol. The highest BCUT2D eigenvalue weighted by Crippen LogP contribution is 2.15. The first kappa shape index (κ1) is 21.4. The van der Waals surface area contributed by atoms with Crippen molar-refractivity contribution in [3.63, 3.8) is 0 Å². The van der Waals surface area contributed by atoms with E-state index in [1.807, 2.05) is 36.4 Å². The number of carbonyl (C=O) groups excluding carboxylic acids is 2. The lowest BCUT2D eigenvalue weighted by molar-refractivity contribution is -0.137. The molecule has 0 saturated carbocycles. The third-order valence-electron chi connectivity index (χ3n) is 4.24. The van der Waals surface area contributed by atoms with Crippen molar-refractivity contribution >= 4 is 17.8 Å². The van der Waals surface area contributed by atoms with Crippen molar-refractivity contribution in [3.8, 4) is 5.75 Å². The highest BCUT2D eigenvalue weighted by atomic mass is 16.5. The van der Waals surface area contributed by atoms with Gasteiger partial charge in [-0.3, -0.25) is 4.79 Å². The van der Waals surface area contributed by atoms with Crippen LogP contribution in [-0.2, 0) is 16.0 Å². The molecule has 0 aliphatic carbocycles. The second-order valence-electron chi connectivity index (χ2n) is 6.51. The first-order valence-electron chi connectivity index (χ1n) is 9.82. The van der Waals surface area contributed by atoms with E-state index in [-0.39, 0.29) is 11.8 Å². The minimum Gasteiger partial charge on any atom is -0.494 e. The Kier molecular flexibility index (Phi) is 8.99. The van der Waals surface area contributed by atoms with Crippen LogP contribution < -0.4 is 4.74 Å². The second-order valence-corrected chi connectivity index (χ2v) is 6.51. The third-order valence-corrected chi connectivity index (χ3v) is 4.24. The molecule has 148 valence electrons. The van der Waals surface area contributed by atoms with Crippen molar-refractivity contribution in [2.45, 2.75) is 39.5 Å². The zero-order chi connectivity index (χ0) is 20.2. The van der Waals surface area contributed by atoms with Gasteiger partial charge in [-0.25, -0.2) is 4.79 Å². The van der Waals surface area contributed by atoms with Gasteiger partial charge in [0.15, 0.2) is 5.78 Å². The molecular formula is C24H28O4. The van der Waals surface area contributed by atoms with Crippen LogP contribution in [0.2, 0.25) is 0 Å². The largest absolute Gasteiger partial charge is 0.494 e. The molecule has 0 spiro atoms. The average Bonchev–Trinajstić information content (AvgIpc) is 2.71. The first-order valence-corrected chi connectivity index (χ1v) is 9.82. The zero-order valence-corrected chi connectivity index (χ0v) is 16.6. The van der Waals surface area contributed by atoms with Crippen molar-refractivity contribution < 1.29 is 19.1 Å². The summed E-state index contributed by atoms with van der Waals surface area (Å²) >= 11 is 0. The first-order chi connectivity index (χ1) is 13.6. The van der Waals surface area contributed by atoms with Crippen LogP contribution in [0.1, 0.15) is 54.6 Å². The van der Waals surface area contributed by atoms with Crippen molar-refractivity contribution in [3.05, 3.63) is 71.3 Å². The second kappa shape index (κ2) is 11.8. The van der Waals surface area contributed by atoms with Crippen LogP contribution in [0.3, 0.4) is 0 Å². The molecule has 0 heterocycles. The van der Waals surface area contributed by atoms with Crippen LogP contribution >= 0.6 is 0 Å². The Hall–Kier alpha value is -2.88. The van der Waals surface area contributed by atoms with Gasteiger partial charge >= 0.3 is 5.97 Å². The van der Waals surface area contributed by atoms with Gasteiger partial charge in [-0.2, -0.15) is 0 Å². The van der Waals surface area contributed by atoms with Crippen LogP contribution in [-0.4, -0.2) is 25.0 Å². The van der Waals surface area contributed by atoms with Gasteiger partial charge in [0.25, 0.3) is 0 Å². The van der Waals surface area contributed by atoms with E-state index >= 15 is 0 Å². The Labute approximate surface area is 167 Å². The van der Waals surface area contributed by atoms with Crippen molar-refractivity contribution in [2.24, 2.45) is 0 Å². The Morgan fingerprint density at radius 1 is 0.929 bits per heavy atom. The number of carbonyl (C=O) groups is 2. The van der Waals surface area contributed by atoms with Gasteiger partial charge in [-0.05, 0) is 42.7 Å². The molecule has 28 heavy (non-hydrogen) atoms. The molecule has 0 radical (unpaired) electrons. The fourth-order valence-electron chi connectivity index (χ4n) is 2.67. The van der Waals surface area contributed by atoms with Gasteiger partial charge in [0.1, 0.15) is 5.75 Å². The maximum atomic E-state index is 12.5. The number of hydrogen-bond acceptors (Lipinski definition) is 4. The molecule has 2 rings (SSSR count). The molecule has 0 aliphatic rings. The number of benzene rings is 2. The van der Waals surface area contributed by atoms with E-state index < -0.39 is 0 Å². The van der Waals surface area contributed by atoms with Gasteiger partial charge in [-0.15, -0.1) is 0 Å². The highest BCUT2D eigenvalue weighted by molar-refractivity contribution is 5.97. The number of ether oxygens (including phenoxy) is 2. The maximum Gasteiger partial charge on any atom is 0.330 e. The molecule has 0 fully saturated rings. The lowest BCUT2D eigenvalue weighted by Crippen LogP contribution is -2.04. The number of unbranched alkanes of at least 4 members (excludes halogenated alkanes) is 2. The van der Waals surface area contributed by atoms with E-state index in [0.717, 1.165) is 29.9 Å². The predicted octanol–water partition coefficient (Wildman–Crippen LogP) is 5.26. The molecule has 0 unspecified atom stereocenters. The Morgan fingerprint density at radius 3 is 2.29 bits per heavy atom. The van der Waals surface area contributed by atoms with Crippen LogP contribution in [0.25, 0.3) is 6.08 Å². The molecule has 0 amide bonds. The van der Waals surface area contributed by atoms with Crippen LogP contribution in [0.4, 0.5) is 0 Å². The van der Waals surface area contributed by atoms with Gasteiger partial charge in [0, 0.05) is 18.1 Å². The van der Waals surface area contributed by atoms with Crippen LogP contribution in [0.15, 0.2) is 54.6 Å². The minimum atomic E-state index is -0.375. The number of hydrogen-bond donors (Lipinski definition) is 0. The average molecular weight is 380 g/mol. The summed E-state index contributed by atoms with van der Waals surface area (Å²) in [4.78, 5) is 23.8. The molecule has 0 aromatic heterocycles. The summed E-state index contributed by atoms with van der Waals surface area (Å²) in [6.45, 7) is 5.01. The van der Waals surface area contributed by atoms with Crippen LogP contribution in [0.5, 0.6) is 5.75 Å². The topological polar surface area (TPSA) is 52.6 Å².